The van der Waals surface area contributed by atoms with Crippen LogP contribution >= 0.6 is 11.6 Å². The number of ketones is 1. The Bertz CT molecular complexity index is 1650. The lowest BCUT2D eigenvalue weighted by atomic mass is 9.36. The Morgan fingerprint density at radius 3 is 2.31 bits per heavy atom. The zero-order valence-electron chi connectivity index (χ0n) is 35.6. The van der Waals surface area contributed by atoms with Crippen molar-refractivity contribution in [1.29, 1.82) is 0 Å². The molecule has 4 fully saturated rings. The number of carboxylic acid groups (broad SMARTS) is 1. The van der Waals surface area contributed by atoms with E-state index in [-0.39, 0.29) is 40.1 Å². The molecule has 0 aromatic carbocycles. The number of nitrogens with zero attached hydrogens (tertiary/aromatic N) is 3. The van der Waals surface area contributed by atoms with Crippen molar-refractivity contribution in [3.63, 3.8) is 0 Å². The first-order chi connectivity index (χ1) is 25.6. The summed E-state index contributed by atoms with van der Waals surface area (Å²) in [6, 6.07) is 3.96. The van der Waals surface area contributed by atoms with Crippen molar-refractivity contribution in [2.75, 3.05) is 33.7 Å². The normalized spacial score (nSPS) is 34.4. The van der Waals surface area contributed by atoms with Gasteiger partial charge in [0.05, 0.1) is 22.6 Å². The molecule has 0 spiro atoms. The molecule has 1 heterocycles. The Morgan fingerprint density at radius 1 is 0.964 bits per heavy atom. The van der Waals surface area contributed by atoms with Crippen molar-refractivity contribution in [1.82, 2.24) is 14.8 Å². The van der Waals surface area contributed by atoms with Gasteiger partial charge in [0.15, 0.2) is 5.78 Å². The van der Waals surface area contributed by atoms with E-state index in [0.29, 0.717) is 40.9 Å². The Kier molecular flexibility index (Phi) is 11.9. The number of ether oxygens (including phenoxy) is 1. The predicted molar refractivity (Wildman–Crippen MR) is 218 cm³/mol. The van der Waals surface area contributed by atoms with Gasteiger partial charge in [-0.25, -0.2) is 0 Å². The molecule has 5 aliphatic carbocycles. The summed E-state index contributed by atoms with van der Waals surface area (Å²) in [5.41, 5.74) is 2.62. The van der Waals surface area contributed by atoms with Crippen LogP contribution in [0.25, 0.3) is 0 Å². The zero-order valence-corrected chi connectivity index (χ0v) is 36.4. The van der Waals surface area contributed by atoms with E-state index in [1.54, 1.807) is 25.6 Å². The van der Waals surface area contributed by atoms with Crippen LogP contribution in [0.3, 0.4) is 0 Å². The van der Waals surface area contributed by atoms with Gasteiger partial charge < -0.3 is 14.7 Å². The molecular weight excluding hydrogens is 710 g/mol. The van der Waals surface area contributed by atoms with Crippen molar-refractivity contribution < 1.29 is 24.2 Å². The van der Waals surface area contributed by atoms with Crippen LogP contribution in [0.1, 0.15) is 132 Å². The lowest BCUT2D eigenvalue weighted by Crippen LogP contribution is -2.63. The SMILES string of the molecule is CC(C)C1=C2C3CCC4C(C)(CCC5C(C)(C)C(OC(=O)CC(C)(C)C(=O)O)CCC54C)C3CCC2(CCN(CCN(C)C)Cc2ccc(Cl)cn2)CC1=O. The number of halogens is 1. The van der Waals surface area contributed by atoms with Crippen molar-refractivity contribution in [3.8, 4) is 0 Å². The van der Waals surface area contributed by atoms with E-state index in [1.807, 2.05) is 12.1 Å². The fraction of sp³-hybridized carbons (Fsp3) is 0.783. The lowest BCUT2D eigenvalue weighted by Gasteiger charge is -2.69. The maximum Gasteiger partial charge on any atom is 0.309 e. The fourth-order valence-corrected chi connectivity index (χ4v) is 13.4. The van der Waals surface area contributed by atoms with Crippen LogP contribution in [0.5, 0.6) is 0 Å². The van der Waals surface area contributed by atoms with Crippen LogP contribution < -0.4 is 0 Å². The number of fused-ring (bicyclic) bond motifs is 7. The van der Waals surface area contributed by atoms with Crippen LogP contribution in [0, 0.1) is 56.7 Å². The molecule has 8 nitrogen and oxygen atoms in total. The number of carboxylic acids is 1. The number of hydrogen-bond donors (Lipinski definition) is 1. The molecule has 306 valence electrons. The molecule has 0 bridgehead atoms. The van der Waals surface area contributed by atoms with Crippen LogP contribution in [-0.2, 0) is 25.7 Å². The zero-order chi connectivity index (χ0) is 40.3. The summed E-state index contributed by atoms with van der Waals surface area (Å²) in [5, 5.41) is 10.3. The quantitative estimate of drug-likeness (QED) is 0.198. The van der Waals surface area contributed by atoms with Gasteiger partial charge in [0.25, 0.3) is 0 Å². The maximum absolute atomic E-state index is 14.2. The van der Waals surface area contributed by atoms with E-state index in [4.69, 9.17) is 16.3 Å². The Labute approximate surface area is 336 Å². The van der Waals surface area contributed by atoms with E-state index in [1.165, 1.54) is 12.8 Å². The summed E-state index contributed by atoms with van der Waals surface area (Å²) < 4.78 is 6.19. The molecule has 0 amide bonds. The molecule has 9 heteroatoms. The van der Waals surface area contributed by atoms with Crippen molar-refractivity contribution in [3.05, 3.63) is 40.2 Å². The van der Waals surface area contributed by atoms with Crippen LogP contribution in [0.15, 0.2) is 29.5 Å². The number of aromatic nitrogens is 1. The third-order valence-electron chi connectivity index (χ3n) is 16.1. The largest absolute Gasteiger partial charge is 0.481 e. The molecule has 8 atom stereocenters. The smallest absolute Gasteiger partial charge is 0.309 e. The number of pyridine rings is 1. The minimum Gasteiger partial charge on any atom is -0.481 e. The first kappa shape index (κ1) is 42.3. The lowest BCUT2D eigenvalue weighted by molar-refractivity contribution is -0.214. The number of rotatable bonds is 13. The van der Waals surface area contributed by atoms with Gasteiger partial charge in [-0.05, 0) is 150 Å². The first-order valence-electron chi connectivity index (χ1n) is 21.3. The molecule has 0 aliphatic heterocycles. The maximum atomic E-state index is 14.2. The van der Waals surface area contributed by atoms with Gasteiger partial charge in [0.1, 0.15) is 6.10 Å². The van der Waals surface area contributed by atoms with Crippen molar-refractivity contribution in [2.24, 2.45) is 56.7 Å². The Balaban J connectivity index is 1.23. The van der Waals surface area contributed by atoms with Crippen molar-refractivity contribution in [2.45, 2.75) is 139 Å². The number of aliphatic carboxylic acids is 1. The van der Waals surface area contributed by atoms with Gasteiger partial charge in [0, 0.05) is 43.1 Å². The summed E-state index contributed by atoms with van der Waals surface area (Å²) in [6.45, 7) is 21.1. The third-order valence-corrected chi connectivity index (χ3v) is 16.3. The molecule has 4 saturated carbocycles. The van der Waals surface area contributed by atoms with Crippen LogP contribution in [0.4, 0.5) is 0 Å². The van der Waals surface area contributed by atoms with E-state index >= 15 is 0 Å². The molecule has 1 aromatic heterocycles. The third kappa shape index (κ3) is 7.83. The van der Waals surface area contributed by atoms with E-state index in [0.717, 1.165) is 82.4 Å². The van der Waals surface area contributed by atoms with E-state index in [9.17, 15) is 19.5 Å². The van der Waals surface area contributed by atoms with Gasteiger partial charge in [-0.1, -0.05) is 58.7 Å². The minimum absolute atomic E-state index is 0.0644. The summed E-state index contributed by atoms with van der Waals surface area (Å²) in [4.78, 5) is 48.5. The molecule has 1 aromatic rings. The highest BCUT2D eigenvalue weighted by Gasteiger charge is 2.66. The van der Waals surface area contributed by atoms with E-state index in [2.05, 4.69) is 70.4 Å². The molecule has 6 rings (SSSR count). The number of Topliss-reactive ketones (excluding diaryl/α,β-unsaturated/α-hetero) is 1. The van der Waals surface area contributed by atoms with Crippen LogP contribution in [-0.4, -0.2) is 77.4 Å². The van der Waals surface area contributed by atoms with Crippen LogP contribution in [0.2, 0.25) is 5.02 Å². The summed E-state index contributed by atoms with van der Waals surface area (Å²) in [6.07, 6.45) is 11.8. The van der Waals surface area contributed by atoms with Gasteiger partial charge >= 0.3 is 11.9 Å². The number of hydrogen-bond acceptors (Lipinski definition) is 7. The van der Waals surface area contributed by atoms with E-state index < -0.39 is 17.4 Å². The minimum atomic E-state index is -1.15. The Morgan fingerprint density at radius 2 is 1.67 bits per heavy atom. The molecule has 0 saturated heterocycles. The second-order valence-corrected chi connectivity index (χ2v) is 21.3. The standard InChI is InChI=1S/C46H70ClN3O5/c1-29(2)39-34(51)25-46(21-22-50(24-23-49(9)10)28-31-12-11-30(47)27-48-31)20-15-33-32(40(39)46)13-14-36-44(33,7)18-16-35-43(5,6)37(17-19-45(35,36)8)55-38(52)26-42(3,4)41(53)54/h11-12,27,29,32-33,35-37H,13-26,28H2,1-10H3,(H,53,54). The number of likely N-dealkylation sites (N-methyl/N-ethyl adjacent to an activating group) is 1. The summed E-state index contributed by atoms with van der Waals surface area (Å²) >= 11 is 6.19. The molecule has 1 N–H and O–H groups in total. The average molecular weight is 781 g/mol. The van der Waals surface area contributed by atoms with Gasteiger partial charge in [-0.2, -0.15) is 0 Å². The molecular formula is C46H70ClN3O5. The molecule has 5 aliphatic rings. The molecule has 8 unspecified atom stereocenters. The monoisotopic (exact) mass is 780 g/mol. The van der Waals surface area contributed by atoms with Gasteiger partial charge in [-0.15, -0.1) is 0 Å². The topological polar surface area (TPSA) is 100 Å². The first-order valence-corrected chi connectivity index (χ1v) is 21.7. The average Bonchev–Trinajstić information content (AvgIpc) is 3.40. The highest BCUT2D eigenvalue weighted by molar-refractivity contribution is 6.30. The second kappa shape index (κ2) is 15.5. The fourth-order valence-electron chi connectivity index (χ4n) is 13.3. The number of esters is 1. The number of carbonyl (C=O) groups is 3. The summed E-state index contributed by atoms with van der Waals surface area (Å²) in [7, 11) is 4.25. The Hall–Kier alpha value is -2.29. The van der Waals surface area contributed by atoms with Gasteiger partial charge in [-0.3, -0.25) is 24.3 Å². The molecule has 0 radical (unpaired) electrons. The number of allylic oxidation sites excluding steroid dienone is 2. The highest BCUT2D eigenvalue weighted by atomic mass is 35.5. The second-order valence-electron chi connectivity index (χ2n) is 20.8. The van der Waals surface area contributed by atoms with Gasteiger partial charge in [0.2, 0.25) is 0 Å². The molecule has 55 heavy (non-hydrogen) atoms. The summed E-state index contributed by atoms with van der Waals surface area (Å²) in [5.74, 6) is 1.25. The highest BCUT2D eigenvalue weighted by Crippen LogP contribution is 2.73. The van der Waals surface area contributed by atoms with Crippen molar-refractivity contribution >= 4 is 29.3 Å². The predicted octanol–water partition coefficient (Wildman–Crippen LogP) is 9.49. The number of carbonyl (C=O) groups excluding carboxylic acids is 2.